The van der Waals surface area contributed by atoms with Gasteiger partial charge in [0.1, 0.15) is 5.60 Å². The Bertz CT molecular complexity index is 687. The minimum atomic E-state index is -0.464. The summed E-state index contributed by atoms with van der Waals surface area (Å²) in [6, 6.07) is 6.55. The van der Waals surface area contributed by atoms with E-state index >= 15 is 0 Å². The number of carbonyl (C=O) groups is 1. The predicted octanol–water partition coefficient (Wildman–Crippen LogP) is 4.53. The van der Waals surface area contributed by atoms with Crippen molar-refractivity contribution >= 4 is 17.0 Å². The van der Waals surface area contributed by atoms with Crippen LogP contribution in [-0.4, -0.2) is 23.2 Å². The van der Waals surface area contributed by atoms with E-state index in [1.807, 2.05) is 27.0 Å². The molecular formula is C19H28N2O2. The van der Waals surface area contributed by atoms with Gasteiger partial charge < -0.3 is 15.0 Å². The number of H-pyrrole nitrogens is 1. The first kappa shape index (κ1) is 17.4. The monoisotopic (exact) mass is 316 g/mol. The van der Waals surface area contributed by atoms with Crippen molar-refractivity contribution in [1.82, 2.24) is 10.3 Å². The van der Waals surface area contributed by atoms with Crippen LogP contribution in [0.2, 0.25) is 0 Å². The zero-order chi connectivity index (χ0) is 17.3. The molecule has 0 spiro atoms. The molecule has 126 valence electrons. The Morgan fingerprint density at radius 1 is 1.17 bits per heavy atom. The molecule has 0 aliphatic carbocycles. The number of aromatic nitrogens is 1. The van der Waals surface area contributed by atoms with E-state index in [0.29, 0.717) is 6.54 Å². The third-order valence-corrected chi connectivity index (χ3v) is 3.70. The molecule has 2 rings (SSSR count). The number of fused-ring (bicyclic) bond motifs is 1. The highest BCUT2D eigenvalue weighted by atomic mass is 16.6. The van der Waals surface area contributed by atoms with Crippen molar-refractivity contribution < 1.29 is 9.53 Å². The Hall–Kier alpha value is -1.97. The molecule has 0 saturated carbocycles. The second-order valence-corrected chi connectivity index (χ2v) is 8.00. The molecule has 2 N–H and O–H groups in total. The van der Waals surface area contributed by atoms with Crippen molar-refractivity contribution in [2.45, 2.75) is 59.0 Å². The molecule has 0 aliphatic rings. The maximum absolute atomic E-state index is 11.7. The van der Waals surface area contributed by atoms with Crippen molar-refractivity contribution in [2.75, 3.05) is 6.54 Å². The highest BCUT2D eigenvalue weighted by Gasteiger charge is 2.16. The first-order valence-electron chi connectivity index (χ1n) is 8.13. The number of aromatic amines is 1. The molecule has 0 bridgehead atoms. The topological polar surface area (TPSA) is 54.1 Å². The fourth-order valence-corrected chi connectivity index (χ4v) is 2.47. The second-order valence-electron chi connectivity index (χ2n) is 8.00. The normalized spacial score (nSPS) is 12.4. The number of ether oxygens (including phenoxy) is 1. The molecule has 23 heavy (non-hydrogen) atoms. The largest absolute Gasteiger partial charge is 0.444 e. The second kappa shape index (κ2) is 6.26. The van der Waals surface area contributed by atoms with Crippen LogP contribution >= 0.6 is 0 Å². The van der Waals surface area contributed by atoms with E-state index in [4.69, 9.17) is 4.74 Å². The van der Waals surface area contributed by atoms with Crippen LogP contribution in [0.4, 0.5) is 4.79 Å². The summed E-state index contributed by atoms with van der Waals surface area (Å²) in [6.45, 7) is 12.8. The quantitative estimate of drug-likeness (QED) is 0.874. The molecule has 0 radical (unpaired) electrons. The van der Waals surface area contributed by atoms with E-state index in [9.17, 15) is 4.79 Å². The maximum Gasteiger partial charge on any atom is 0.407 e. The van der Waals surface area contributed by atoms with Crippen molar-refractivity contribution in [3.05, 3.63) is 35.5 Å². The molecule has 1 aromatic carbocycles. The number of rotatable bonds is 3. The van der Waals surface area contributed by atoms with Gasteiger partial charge in [-0.2, -0.15) is 0 Å². The van der Waals surface area contributed by atoms with Gasteiger partial charge in [0.2, 0.25) is 0 Å². The van der Waals surface area contributed by atoms with Gasteiger partial charge >= 0.3 is 6.09 Å². The van der Waals surface area contributed by atoms with E-state index in [0.717, 1.165) is 11.9 Å². The van der Waals surface area contributed by atoms with Crippen molar-refractivity contribution in [3.63, 3.8) is 0 Å². The Balaban J connectivity index is 2.01. The van der Waals surface area contributed by atoms with Crippen molar-refractivity contribution in [3.8, 4) is 0 Å². The number of carbonyl (C=O) groups excluding carboxylic acids is 1. The minimum Gasteiger partial charge on any atom is -0.444 e. The summed E-state index contributed by atoms with van der Waals surface area (Å²) < 4.78 is 5.24. The smallest absolute Gasteiger partial charge is 0.407 e. The average Bonchev–Trinajstić information content (AvgIpc) is 2.78. The Kier molecular flexibility index (Phi) is 4.73. The molecule has 0 aliphatic heterocycles. The Morgan fingerprint density at radius 3 is 2.48 bits per heavy atom. The lowest BCUT2D eigenvalue weighted by atomic mass is 9.86. The fourth-order valence-electron chi connectivity index (χ4n) is 2.47. The van der Waals surface area contributed by atoms with Gasteiger partial charge in [0.25, 0.3) is 0 Å². The Labute approximate surface area is 138 Å². The van der Waals surface area contributed by atoms with Gasteiger partial charge in [0.15, 0.2) is 0 Å². The summed E-state index contributed by atoms with van der Waals surface area (Å²) in [6.07, 6.45) is 2.43. The summed E-state index contributed by atoms with van der Waals surface area (Å²) in [4.78, 5) is 15.0. The average molecular weight is 316 g/mol. The van der Waals surface area contributed by atoms with E-state index in [1.54, 1.807) is 0 Å². The fraction of sp³-hybridized carbons (Fsp3) is 0.526. The lowest BCUT2D eigenvalue weighted by Gasteiger charge is -2.19. The lowest BCUT2D eigenvalue weighted by Crippen LogP contribution is -2.33. The van der Waals surface area contributed by atoms with Crippen LogP contribution in [0.25, 0.3) is 10.9 Å². The minimum absolute atomic E-state index is 0.137. The summed E-state index contributed by atoms with van der Waals surface area (Å²) >= 11 is 0. The third-order valence-electron chi connectivity index (χ3n) is 3.70. The number of amides is 1. The molecule has 1 heterocycles. The van der Waals surface area contributed by atoms with Crippen LogP contribution in [0.5, 0.6) is 0 Å². The van der Waals surface area contributed by atoms with Crippen LogP contribution in [0, 0.1) is 0 Å². The lowest BCUT2D eigenvalue weighted by molar-refractivity contribution is 0.0528. The standard InChI is InChI=1S/C19H28N2O2/c1-18(2,3)14-7-8-15-13(12-21-16(15)11-14)9-10-20-17(22)23-19(4,5)6/h7-8,11-12,21H,9-10H2,1-6H3,(H,20,22). The molecule has 1 aromatic heterocycles. The van der Waals surface area contributed by atoms with Gasteiger partial charge in [-0.25, -0.2) is 4.79 Å². The molecule has 1 amide bonds. The van der Waals surface area contributed by atoms with Gasteiger partial charge in [-0.05, 0) is 49.8 Å². The zero-order valence-corrected chi connectivity index (χ0v) is 15.0. The first-order chi connectivity index (χ1) is 10.6. The van der Waals surface area contributed by atoms with Crippen LogP contribution < -0.4 is 5.32 Å². The molecular weight excluding hydrogens is 288 g/mol. The zero-order valence-electron chi connectivity index (χ0n) is 15.0. The van der Waals surface area contributed by atoms with E-state index < -0.39 is 5.60 Å². The molecule has 4 nitrogen and oxygen atoms in total. The van der Waals surface area contributed by atoms with Gasteiger partial charge in [-0.1, -0.05) is 32.9 Å². The summed E-state index contributed by atoms with van der Waals surface area (Å²) in [7, 11) is 0. The molecule has 0 atom stereocenters. The highest BCUT2D eigenvalue weighted by molar-refractivity contribution is 5.84. The predicted molar refractivity (Wildman–Crippen MR) is 94.9 cm³/mol. The number of alkyl carbamates (subject to hydrolysis) is 1. The van der Waals surface area contributed by atoms with Gasteiger partial charge in [-0.15, -0.1) is 0 Å². The van der Waals surface area contributed by atoms with Crippen LogP contribution in [0.3, 0.4) is 0 Å². The Morgan fingerprint density at radius 2 is 1.87 bits per heavy atom. The maximum atomic E-state index is 11.7. The van der Waals surface area contributed by atoms with Crippen molar-refractivity contribution in [1.29, 1.82) is 0 Å². The SMILES string of the molecule is CC(C)(C)OC(=O)NCCc1c[nH]c2cc(C(C)(C)C)ccc12. The van der Waals surface area contributed by atoms with Crippen molar-refractivity contribution in [2.24, 2.45) is 0 Å². The van der Waals surface area contributed by atoms with E-state index in [-0.39, 0.29) is 11.5 Å². The summed E-state index contributed by atoms with van der Waals surface area (Å²) in [5, 5.41) is 4.01. The van der Waals surface area contributed by atoms with E-state index in [1.165, 1.54) is 16.5 Å². The number of hydrogen-bond donors (Lipinski definition) is 2. The number of nitrogens with one attached hydrogen (secondary N) is 2. The molecule has 0 fully saturated rings. The molecule has 2 aromatic rings. The summed E-state index contributed by atoms with van der Waals surface area (Å²) in [5.74, 6) is 0. The number of hydrogen-bond acceptors (Lipinski definition) is 2. The third kappa shape index (κ3) is 4.75. The highest BCUT2D eigenvalue weighted by Crippen LogP contribution is 2.27. The van der Waals surface area contributed by atoms with Crippen LogP contribution in [0.15, 0.2) is 24.4 Å². The van der Waals surface area contributed by atoms with Crippen LogP contribution in [-0.2, 0) is 16.6 Å². The van der Waals surface area contributed by atoms with E-state index in [2.05, 4.69) is 49.3 Å². The molecule has 0 saturated heterocycles. The summed E-state index contributed by atoms with van der Waals surface area (Å²) in [5.41, 5.74) is 3.33. The van der Waals surface area contributed by atoms with Crippen LogP contribution in [0.1, 0.15) is 52.7 Å². The van der Waals surface area contributed by atoms with Gasteiger partial charge in [-0.3, -0.25) is 0 Å². The first-order valence-corrected chi connectivity index (χ1v) is 8.13. The molecule has 4 heteroatoms. The number of benzene rings is 1. The van der Waals surface area contributed by atoms with Gasteiger partial charge in [0, 0.05) is 23.6 Å². The molecule has 0 unspecified atom stereocenters. The van der Waals surface area contributed by atoms with Gasteiger partial charge in [0.05, 0.1) is 0 Å².